The number of hydrogen-bond donors (Lipinski definition) is 2. The summed E-state index contributed by atoms with van der Waals surface area (Å²) in [6.45, 7) is 7.91. The molecule has 1 aromatic rings. The zero-order valence-corrected chi connectivity index (χ0v) is 18.0. The Morgan fingerprint density at radius 3 is 1.78 bits per heavy atom. The molecule has 5 heteroatoms. The van der Waals surface area contributed by atoms with E-state index in [1.54, 1.807) is 0 Å². The molecular weight excluding hydrogens is 358 g/mol. The highest BCUT2D eigenvalue weighted by Crippen LogP contribution is 2.55. The van der Waals surface area contributed by atoms with Crippen molar-refractivity contribution in [2.24, 2.45) is 17.8 Å². The molecule has 0 saturated heterocycles. The predicted octanol–water partition coefficient (Wildman–Crippen LogP) is 4.55. The summed E-state index contributed by atoms with van der Waals surface area (Å²) in [6.07, 6.45) is 9.63. The largest absolute Gasteiger partial charge is 0.307 e. The van der Waals surface area contributed by atoms with Crippen LogP contribution < -0.4 is 5.32 Å². The lowest BCUT2D eigenvalue weighted by Crippen LogP contribution is -2.58. The summed E-state index contributed by atoms with van der Waals surface area (Å²) in [5.74, 6) is 3.09. The van der Waals surface area contributed by atoms with Gasteiger partial charge in [-0.2, -0.15) is 8.42 Å². The van der Waals surface area contributed by atoms with Crippen molar-refractivity contribution in [2.75, 3.05) is 6.26 Å². The fourth-order valence-electron chi connectivity index (χ4n) is 5.74. The fraction of sp³-hybridized carbons (Fsp3) is 0.727. The zero-order chi connectivity index (χ0) is 19.9. The van der Waals surface area contributed by atoms with Gasteiger partial charge in [-0.15, -0.1) is 0 Å². The maximum Gasteiger partial charge on any atom is 0.261 e. The molecule has 27 heavy (non-hydrogen) atoms. The van der Waals surface area contributed by atoms with Crippen LogP contribution in [0.5, 0.6) is 0 Å². The Balaban J connectivity index is 0.000000376. The first-order chi connectivity index (χ1) is 12.4. The van der Waals surface area contributed by atoms with Crippen LogP contribution in [-0.2, 0) is 22.1 Å². The molecule has 4 aliphatic rings. The number of benzene rings is 1. The first kappa shape index (κ1) is 20.8. The van der Waals surface area contributed by atoms with Crippen LogP contribution in [0, 0.1) is 17.8 Å². The van der Waals surface area contributed by atoms with Crippen LogP contribution in [0.15, 0.2) is 24.3 Å². The van der Waals surface area contributed by atoms with Crippen molar-refractivity contribution in [3.05, 3.63) is 35.4 Å². The van der Waals surface area contributed by atoms with E-state index in [0.717, 1.165) is 24.3 Å². The summed E-state index contributed by atoms with van der Waals surface area (Å²) in [7, 11) is -3.67. The molecule has 5 rings (SSSR count). The van der Waals surface area contributed by atoms with E-state index in [0.29, 0.717) is 11.8 Å². The van der Waals surface area contributed by atoms with E-state index in [1.807, 2.05) is 0 Å². The van der Waals surface area contributed by atoms with Crippen LogP contribution in [0.1, 0.15) is 70.4 Å². The van der Waals surface area contributed by atoms with Gasteiger partial charge in [0.2, 0.25) is 0 Å². The van der Waals surface area contributed by atoms with Crippen LogP contribution in [0.4, 0.5) is 0 Å². The average molecular weight is 394 g/mol. The molecule has 0 spiro atoms. The molecule has 4 aliphatic carbocycles. The third-order valence-corrected chi connectivity index (χ3v) is 6.53. The molecular formula is C22H35NO3S. The van der Waals surface area contributed by atoms with E-state index in [4.69, 9.17) is 4.55 Å². The second-order valence-electron chi connectivity index (χ2n) is 10.2. The lowest BCUT2D eigenvalue weighted by molar-refractivity contribution is -0.0206. The van der Waals surface area contributed by atoms with Crippen molar-refractivity contribution >= 4 is 10.1 Å². The Kier molecular flexibility index (Phi) is 5.77. The van der Waals surface area contributed by atoms with Gasteiger partial charge in [-0.1, -0.05) is 45.0 Å². The molecule has 4 fully saturated rings. The third-order valence-electron chi connectivity index (χ3n) is 6.53. The number of hydrogen-bond acceptors (Lipinski definition) is 3. The molecule has 152 valence electrons. The molecule has 0 heterocycles. The lowest BCUT2D eigenvalue weighted by atomic mass is 9.53. The zero-order valence-electron chi connectivity index (χ0n) is 17.2. The lowest BCUT2D eigenvalue weighted by Gasteiger charge is -2.57. The Hall–Kier alpha value is -0.910. The second kappa shape index (κ2) is 7.49. The van der Waals surface area contributed by atoms with Crippen LogP contribution in [-0.4, -0.2) is 24.8 Å². The maximum absolute atomic E-state index is 9.19. The minimum Gasteiger partial charge on any atom is -0.307 e. The van der Waals surface area contributed by atoms with Crippen molar-refractivity contribution in [1.29, 1.82) is 0 Å². The van der Waals surface area contributed by atoms with Gasteiger partial charge in [-0.25, -0.2) is 0 Å². The van der Waals surface area contributed by atoms with Gasteiger partial charge in [0.05, 0.1) is 6.26 Å². The molecule has 0 radical (unpaired) electrons. The maximum atomic E-state index is 9.19. The highest BCUT2D eigenvalue weighted by Gasteiger charge is 2.50. The standard InChI is InChI=1S/C21H31N.CH4O3S/c1-20(2,3)19-6-4-15(5-7-19)14-22-21-11-16-8-17(12-21)10-18(9-16)13-21;1-5(2,3)4/h4-7,16-18,22H,8-14H2,1-3H3;1H3,(H,2,3,4). The van der Waals surface area contributed by atoms with Crippen molar-refractivity contribution in [3.8, 4) is 0 Å². The predicted molar refractivity (Wildman–Crippen MR) is 110 cm³/mol. The SMILES string of the molecule is CC(C)(C)c1ccc(CNC23CC4CC(CC(C4)C2)C3)cc1.CS(=O)(=O)O. The second-order valence-corrected chi connectivity index (χ2v) is 11.7. The van der Waals surface area contributed by atoms with E-state index in [9.17, 15) is 8.42 Å². The van der Waals surface area contributed by atoms with E-state index in [2.05, 4.69) is 50.4 Å². The molecule has 0 aromatic heterocycles. The monoisotopic (exact) mass is 393 g/mol. The van der Waals surface area contributed by atoms with E-state index in [1.165, 1.54) is 49.7 Å². The van der Waals surface area contributed by atoms with Gasteiger partial charge in [0.15, 0.2) is 0 Å². The molecule has 4 nitrogen and oxygen atoms in total. The van der Waals surface area contributed by atoms with Crippen LogP contribution in [0.3, 0.4) is 0 Å². The quantitative estimate of drug-likeness (QED) is 0.740. The minimum atomic E-state index is -3.67. The molecule has 0 aliphatic heterocycles. The first-order valence-electron chi connectivity index (χ1n) is 10.2. The normalized spacial score (nSPS) is 32.1. The van der Waals surface area contributed by atoms with Crippen molar-refractivity contribution in [1.82, 2.24) is 5.32 Å². The van der Waals surface area contributed by atoms with Crippen LogP contribution in [0.25, 0.3) is 0 Å². The smallest absolute Gasteiger partial charge is 0.261 e. The molecule has 1 aromatic carbocycles. The van der Waals surface area contributed by atoms with E-state index >= 15 is 0 Å². The van der Waals surface area contributed by atoms with Gasteiger partial charge >= 0.3 is 0 Å². The van der Waals surface area contributed by atoms with Gasteiger partial charge < -0.3 is 5.32 Å². The van der Waals surface area contributed by atoms with Crippen LogP contribution >= 0.6 is 0 Å². The molecule has 4 bridgehead atoms. The van der Waals surface area contributed by atoms with Crippen molar-refractivity contribution in [2.45, 2.75) is 76.8 Å². The van der Waals surface area contributed by atoms with Gasteiger partial charge in [0.25, 0.3) is 10.1 Å². The summed E-state index contributed by atoms with van der Waals surface area (Å²) >= 11 is 0. The van der Waals surface area contributed by atoms with Gasteiger partial charge in [-0.3, -0.25) is 4.55 Å². The highest BCUT2D eigenvalue weighted by atomic mass is 32.2. The summed E-state index contributed by atoms with van der Waals surface area (Å²) in [5, 5.41) is 4.00. The highest BCUT2D eigenvalue weighted by molar-refractivity contribution is 7.85. The molecule has 0 unspecified atom stereocenters. The Morgan fingerprint density at radius 1 is 1.00 bits per heavy atom. The van der Waals surface area contributed by atoms with E-state index in [-0.39, 0.29) is 5.41 Å². The molecule has 0 amide bonds. The van der Waals surface area contributed by atoms with Crippen molar-refractivity contribution in [3.63, 3.8) is 0 Å². The van der Waals surface area contributed by atoms with Crippen LogP contribution in [0.2, 0.25) is 0 Å². The summed E-state index contributed by atoms with van der Waals surface area (Å²) in [6, 6.07) is 9.29. The van der Waals surface area contributed by atoms with Crippen molar-refractivity contribution < 1.29 is 13.0 Å². The number of nitrogens with one attached hydrogen (secondary N) is 1. The molecule has 0 atom stereocenters. The first-order valence-corrected chi connectivity index (χ1v) is 12.0. The van der Waals surface area contributed by atoms with Gasteiger partial charge in [0, 0.05) is 12.1 Å². The van der Waals surface area contributed by atoms with E-state index < -0.39 is 10.1 Å². The average Bonchev–Trinajstić information content (AvgIpc) is 2.50. The summed E-state index contributed by atoms with van der Waals surface area (Å²) < 4.78 is 25.9. The summed E-state index contributed by atoms with van der Waals surface area (Å²) in [5.41, 5.74) is 3.62. The molecule has 4 saturated carbocycles. The fourth-order valence-corrected chi connectivity index (χ4v) is 5.74. The Morgan fingerprint density at radius 2 is 1.41 bits per heavy atom. The van der Waals surface area contributed by atoms with Gasteiger partial charge in [0.1, 0.15) is 0 Å². The minimum absolute atomic E-state index is 0.256. The number of rotatable bonds is 3. The third kappa shape index (κ3) is 5.78. The topological polar surface area (TPSA) is 66.4 Å². The van der Waals surface area contributed by atoms with Gasteiger partial charge in [-0.05, 0) is 72.8 Å². The molecule has 2 N–H and O–H groups in total. The Labute approximate surface area is 164 Å². The Bertz CT molecular complexity index is 703. The summed E-state index contributed by atoms with van der Waals surface area (Å²) in [4.78, 5) is 0.